The summed E-state index contributed by atoms with van der Waals surface area (Å²) in [6.07, 6.45) is 11.8. The van der Waals surface area contributed by atoms with E-state index in [1.54, 1.807) is 7.11 Å². The molecule has 3 fully saturated rings. The highest BCUT2D eigenvalue weighted by atomic mass is 16.5. The Morgan fingerprint density at radius 3 is 2.28 bits per heavy atom. The molecule has 3 aliphatic rings. The van der Waals surface area contributed by atoms with Gasteiger partial charge < -0.3 is 14.8 Å². The second-order valence-electron chi connectivity index (χ2n) is 9.03. The van der Waals surface area contributed by atoms with Crippen molar-refractivity contribution >= 4 is 5.91 Å². The third-order valence-electron chi connectivity index (χ3n) is 6.72. The fourth-order valence-electron chi connectivity index (χ4n) is 4.81. The Bertz CT molecular complexity index is 645. The van der Waals surface area contributed by atoms with E-state index in [0.717, 1.165) is 31.7 Å². The van der Waals surface area contributed by atoms with Gasteiger partial charge in [-0.3, -0.25) is 9.69 Å². The Morgan fingerprint density at radius 1 is 1.00 bits per heavy atom. The monoisotopic (exact) mass is 400 g/mol. The molecule has 1 N–H and O–H groups in total. The van der Waals surface area contributed by atoms with Crippen molar-refractivity contribution in [3.8, 4) is 5.75 Å². The van der Waals surface area contributed by atoms with Gasteiger partial charge in [-0.25, -0.2) is 0 Å². The van der Waals surface area contributed by atoms with Crippen LogP contribution in [0.1, 0.15) is 69.4 Å². The number of rotatable bonds is 8. The number of nitrogens with zero attached hydrogens (tertiary/aromatic N) is 1. The van der Waals surface area contributed by atoms with E-state index in [9.17, 15) is 4.79 Å². The third kappa shape index (κ3) is 5.95. The molecular weight excluding hydrogens is 364 g/mol. The van der Waals surface area contributed by atoms with E-state index in [-0.39, 0.29) is 11.9 Å². The summed E-state index contributed by atoms with van der Waals surface area (Å²) in [5.74, 6) is 1.57. The molecule has 2 saturated carbocycles. The first-order valence-electron chi connectivity index (χ1n) is 11.5. The fourth-order valence-corrected chi connectivity index (χ4v) is 4.81. The number of hydrogen-bond acceptors (Lipinski definition) is 4. The van der Waals surface area contributed by atoms with Gasteiger partial charge in [-0.15, -0.1) is 0 Å². The molecule has 5 heteroatoms. The molecule has 1 aromatic carbocycles. The van der Waals surface area contributed by atoms with Gasteiger partial charge in [0.25, 0.3) is 0 Å². The summed E-state index contributed by atoms with van der Waals surface area (Å²) in [7, 11) is 1.68. The molecule has 0 bridgehead atoms. The van der Waals surface area contributed by atoms with E-state index in [0.29, 0.717) is 24.7 Å². The summed E-state index contributed by atoms with van der Waals surface area (Å²) in [5, 5.41) is 3.30. The van der Waals surface area contributed by atoms with E-state index in [1.165, 1.54) is 50.5 Å². The van der Waals surface area contributed by atoms with Gasteiger partial charge in [0.1, 0.15) is 5.75 Å². The van der Waals surface area contributed by atoms with Gasteiger partial charge in [-0.05, 0) is 62.1 Å². The molecule has 4 rings (SSSR count). The molecule has 5 nitrogen and oxygen atoms in total. The summed E-state index contributed by atoms with van der Waals surface area (Å²) >= 11 is 0. The summed E-state index contributed by atoms with van der Waals surface area (Å²) in [6, 6.07) is 8.24. The van der Waals surface area contributed by atoms with Crippen LogP contribution in [-0.4, -0.2) is 49.8 Å². The van der Waals surface area contributed by atoms with E-state index >= 15 is 0 Å². The summed E-state index contributed by atoms with van der Waals surface area (Å²) < 4.78 is 11.6. The number of methoxy groups -OCH3 is 1. The average molecular weight is 401 g/mol. The zero-order valence-electron chi connectivity index (χ0n) is 17.8. The van der Waals surface area contributed by atoms with Gasteiger partial charge in [-0.2, -0.15) is 0 Å². The lowest BCUT2D eigenvalue weighted by Crippen LogP contribution is -2.44. The number of carbonyl (C=O) groups excluding carboxylic acids is 1. The van der Waals surface area contributed by atoms with Gasteiger partial charge in [0.05, 0.1) is 31.9 Å². The van der Waals surface area contributed by atoms with Crippen LogP contribution in [0.25, 0.3) is 0 Å². The van der Waals surface area contributed by atoms with E-state index in [1.807, 2.05) is 12.1 Å². The number of likely N-dealkylation sites (tertiary alicyclic amines) is 1. The van der Waals surface area contributed by atoms with Crippen LogP contribution in [0.15, 0.2) is 24.3 Å². The van der Waals surface area contributed by atoms with Crippen molar-refractivity contribution in [2.45, 2.75) is 76.0 Å². The van der Waals surface area contributed by atoms with Crippen LogP contribution in [0, 0.1) is 5.92 Å². The van der Waals surface area contributed by atoms with Gasteiger partial charge in [0.2, 0.25) is 5.91 Å². The van der Waals surface area contributed by atoms with Crippen LogP contribution >= 0.6 is 0 Å². The molecule has 1 saturated heterocycles. The van der Waals surface area contributed by atoms with Gasteiger partial charge in [0.15, 0.2) is 0 Å². The van der Waals surface area contributed by atoms with Crippen LogP contribution in [0.2, 0.25) is 0 Å². The lowest BCUT2D eigenvalue weighted by Gasteiger charge is -2.34. The van der Waals surface area contributed by atoms with Crippen molar-refractivity contribution in [1.82, 2.24) is 10.2 Å². The number of carbonyl (C=O) groups is 1. The minimum absolute atomic E-state index is 0.126. The van der Waals surface area contributed by atoms with Crippen molar-refractivity contribution in [1.29, 1.82) is 0 Å². The Hall–Kier alpha value is -1.59. The molecule has 1 amide bonds. The average Bonchev–Trinajstić information content (AvgIpc) is 3.60. The molecule has 1 unspecified atom stereocenters. The molecule has 1 aromatic rings. The van der Waals surface area contributed by atoms with E-state index < -0.39 is 0 Å². The zero-order chi connectivity index (χ0) is 20.1. The quantitative estimate of drug-likeness (QED) is 0.714. The predicted molar refractivity (Wildman–Crippen MR) is 114 cm³/mol. The minimum atomic E-state index is 0.126. The summed E-state index contributed by atoms with van der Waals surface area (Å²) in [6.45, 7) is 2.42. The maximum absolute atomic E-state index is 12.7. The minimum Gasteiger partial charge on any atom is -0.497 e. The summed E-state index contributed by atoms with van der Waals surface area (Å²) in [4.78, 5) is 15.0. The molecular formula is C24H36N2O3. The number of amides is 1. The van der Waals surface area contributed by atoms with Crippen molar-refractivity contribution in [2.75, 3.05) is 26.7 Å². The summed E-state index contributed by atoms with van der Waals surface area (Å²) in [5.41, 5.74) is 1.18. The van der Waals surface area contributed by atoms with Crippen molar-refractivity contribution < 1.29 is 14.3 Å². The van der Waals surface area contributed by atoms with Crippen LogP contribution in [0.5, 0.6) is 5.75 Å². The third-order valence-corrected chi connectivity index (χ3v) is 6.72. The molecule has 0 radical (unpaired) electrons. The van der Waals surface area contributed by atoms with Crippen molar-refractivity contribution in [2.24, 2.45) is 5.92 Å². The van der Waals surface area contributed by atoms with Crippen LogP contribution < -0.4 is 10.1 Å². The fraction of sp³-hybridized carbons (Fsp3) is 0.708. The Balaban J connectivity index is 1.22. The molecule has 0 aromatic heterocycles. The largest absolute Gasteiger partial charge is 0.497 e. The van der Waals surface area contributed by atoms with Gasteiger partial charge in [0, 0.05) is 13.1 Å². The van der Waals surface area contributed by atoms with Crippen LogP contribution in [0.3, 0.4) is 0 Å². The standard InChI is InChI=1S/C24H36N2O3/c1-28-20-11-9-19(10-12-20)24(18-7-8-18)25-23(27)17-26-15-13-22(14-16-26)29-21-5-3-2-4-6-21/h9-12,18,21-22,24H,2-8,13-17H2,1H3,(H,25,27). The highest BCUT2D eigenvalue weighted by molar-refractivity contribution is 5.78. The second-order valence-corrected chi connectivity index (χ2v) is 9.03. The van der Waals surface area contributed by atoms with E-state index in [2.05, 4.69) is 22.3 Å². The number of piperidine rings is 1. The highest BCUT2D eigenvalue weighted by Crippen LogP contribution is 2.41. The smallest absolute Gasteiger partial charge is 0.234 e. The molecule has 0 spiro atoms. The van der Waals surface area contributed by atoms with Crippen LogP contribution in [-0.2, 0) is 9.53 Å². The molecule has 1 heterocycles. The molecule has 2 aliphatic carbocycles. The molecule has 1 atom stereocenters. The maximum Gasteiger partial charge on any atom is 0.234 e. The first-order valence-corrected chi connectivity index (χ1v) is 11.5. The molecule has 1 aliphatic heterocycles. The van der Waals surface area contributed by atoms with Crippen molar-refractivity contribution in [3.63, 3.8) is 0 Å². The maximum atomic E-state index is 12.7. The SMILES string of the molecule is COc1ccc(C(NC(=O)CN2CCC(OC3CCCCC3)CC2)C2CC2)cc1. The van der Waals surface area contributed by atoms with Gasteiger partial charge in [-0.1, -0.05) is 31.4 Å². The Morgan fingerprint density at radius 2 is 1.66 bits per heavy atom. The predicted octanol–water partition coefficient (Wildman–Crippen LogP) is 4.08. The van der Waals surface area contributed by atoms with Crippen molar-refractivity contribution in [3.05, 3.63) is 29.8 Å². The topological polar surface area (TPSA) is 50.8 Å². The zero-order valence-corrected chi connectivity index (χ0v) is 17.8. The number of nitrogens with one attached hydrogen (secondary N) is 1. The lowest BCUT2D eigenvalue weighted by molar-refractivity contribution is -0.124. The number of ether oxygens (including phenoxy) is 2. The Labute approximate surface area is 175 Å². The Kier molecular flexibility index (Phi) is 7.09. The highest BCUT2D eigenvalue weighted by Gasteiger charge is 2.34. The first kappa shape index (κ1) is 20.7. The normalized spacial score (nSPS) is 22.9. The van der Waals surface area contributed by atoms with E-state index in [4.69, 9.17) is 9.47 Å². The number of hydrogen-bond donors (Lipinski definition) is 1. The second kappa shape index (κ2) is 9.94. The van der Waals surface area contributed by atoms with Crippen LogP contribution in [0.4, 0.5) is 0 Å². The molecule has 160 valence electrons. The molecule has 29 heavy (non-hydrogen) atoms. The lowest BCUT2D eigenvalue weighted by atomic mass is 9.97. The first-order chi connectivity index (χ1) is 14.2. The number of benzene rings is 1. The van der Waals surface area contributed by atoms with Gasteiger partial charge >= 0.3 is 0 Å².